The van der Waals surface area contributed by atoms with Gasteiger partial charge in [0, 0.05) is 24.7 Å². The lowest BCUT2D eigenvalue weighted by Gasteiger charge is -2.28. The number of hydrogen-bond donors (Lipinski definition) is 1. The van der Waals surface area contributed by atoms with Crippen LogP contribution in [0.4, 0.5) is 9.93 Å². The minimum Gasteiger partial charge on any atom is -0.444 e. The molecular weight excluding hydrogens is 262 g/mol. The molecule has 1 aromatic rings. The van der Waals surface area contributed by atoms with E-state index in [-0.39, 0.29) is 12.1 Å². The van der Waals surface area contributed by atoms with E-state index in [0.717, 1.165) is 31.1 Å². The van der Waals surface area contributed by atoms with Gasteiger partial charge >= 0.3 is 6.09 Å². The Balaban J connectivity index is 1.87. The van der Waals surface area contributed by atoms with Gasteiger partial charge < -0.3 is 15.0 Å². The molecule has 0 aliphatic carbocycles. The second-order valence-corrected chi connectivity index (χ2v) is 6.58. The van der Waals surface area contributed by atoms with E-state index in [1.807, 2.05) is 31.1 Å². The Morgan fingerprint density at radius 3 is 3.05 bits per heavy atom. The number of nitrogens with one attached hydrogen (secondary N) is 1. The Labute approximate surface area is 118 Å². The van der Waals surface area contributed by atoms with Crippen LogP contribution in [0.25, 0.3) is 0 Å². The molecule has 0 aromatic carbocycles. The van der Waals surface area contributed by atoms with Gasteiger partial charge in [0.05, 0.1) is 6.04 Å². The summed E-state index contributed by atoms with van der Waals surface area (Å²) in [7, 11) is 0. The minimum atomic E-state index is -0.438. The maximum absolute atomic E-state index is 12.1. The van der Waals surface area contributed by atoms with Crippen LogP contribution in [0.5, 0.6) is 0 Å². The zero-order valence-electron chi connectivity index (χ0n) is 11.7. The van der Waals surface area contributed by atoms with Crippen LogP contribution in [0, 0.1) is 0 Å². The average Bonchev–Trinajstić information content (AvgIpc) is 2.95. The Hall–Kier alpha value is -1.30. The van der Waals surface area contributed by atoms with Crippen molar-refractivity contribution in [2.75, 3.05) is 18.4 Å². The van der Waals surface area contributed by atoms with Gasteiger partial charge in [-0.3, -0.25) is 0 Å². The Morgan fingerprint density at radius 2 is 2.42 bits per heavy atom. The molecule has 0 radical (unpaired) electrons. The van der Waals surface area contributed by atoms with E-state index in [1.54, 1.807) is 17.5 Å². The van der Waals surface area contributed by atoms with Gasteiger partial charge in [0.1, 0.15) is 5.60 Å². The lowest BCUT2D eigenvalue weighted by Crippen LogP contribution is -2.42. The van der Waals surface area contributed by atoms with E-state index < -0.39 is 5.60 Å². The lowest BCUT2D eigenvalue weighted by molar-refractivity contribution is 0.0235. The summed E-state index contributed by atoms with van der Waals surface area (Å²) in [6, 6.07) is 0.193. The maximum atomic E-state index is 12.1. The molecule has 106 valence electrons. The smallest absolute Gasteiger partial charge is 0.410 e. The summed E-state index contributed by atoms with van der Waals surface area (Å²) in [6.07, 6.45) is 3.60. The number of rotatable bonds is 3. The minimum absolute atomic E-state index is 0.193. The number of amides is 1. The van der Waals surface area contributed by atoms with E-state index >= 15 is 0 Å². The normalized spacial score (nSPS) is 19.5. The standard InChI is InChI=1S/C13H21N3O2S/c1-13(2,3)18-12(17)16-7-4-5-10(16)9-15-11-14-6-8-19-11/h6,8,10H,4-5,7,9H2,1-3H3,(H,14,15)/t10-/m1/s1. The molecule has 1 N–H and O–H groups in total. The van der Waals surface area contributed by atoms with Crippen molar-refractivity contribution in [1.82, 2.24) is 9.88 Å². The monoisotopic (exact) mass is 283 g/mol. The molecule has 19 heavy (non-hydrogen) atoms. The molecule has 1 aliphatic rings. The average molecular weight is 283 g/mol. The van der Waals surface area contributed by atoms with Crippen molar-refractivity contribution in [3.8, 4) is 0 Å². The molecule has 2 rings (SSSR count). The molecule has 0 bridgehead atoms. The molecule has 0 unspecified atom stereocenters. The first-order valence-electron chi connectivity index (χ1n) is 6.59. The van der Waals surface area contributed by atoms with Crippen molar-refractivity contribution < 1.29 is 9.53 Å². The van der Waals surface area contributed by atoms with E-state index in [9.17, 15) is 4.79 Å². The first-order chi connectivity index (χ1) is 8.96. The van der Waals surface area contributed by atoms with Crippen LogP contribution in [0.2, 0.25) is 0 Å². The first kappa shape index (κ1) is 14.1. The first-order valence-corrected chi connectivity index (χ1v) is 7.47. The molecule has 1 aromatic heterocycles. The third kappa shape index (κ3) is 4.09. The van der Waals surface area contributed by atoms with Crippen LogP contribution >= 0.6 is 11.3 Å². The van der Waals surface area contributed by atoms with Crippen LogP contribution in [0.3, 0.4) is 0 Å². The number of nitrogens with zero attached hydrogens (tertiary/aromatic N) is 2. The lowest BCUT2D eigenvalue weighted by atomic mass is 10.2. The number of hydrogen-bond acceptors (Lipinski definition) is 5. The zero-order chi connectivity index (χ0) is 13.9. The van der Waals surface area contributed by atoms with Gasteiger partial charge in [0.15, 0.2) is 5.13 Å². The van der Waals surface area contributed by atoms with Crippen LogP contribution < -0.4 is 5.32 Å². The summed E-state index contributed by atoms with van der Waals surface area (Å²) in [4.78, 5) is 18.1. The molecule has 1 amide bonds. The van der Waals surface area contributed by atoms with Crippen molar-refractivity contribution in [3.05, 3.63) is 11.6 Å². The number of aromatic nitrogens is 1. The molecule has 1 saturated heterocycles. The van der Waals surface area contributed by atoms with Gasteiger partial charge in [-0.2, -0.15) is 0 Å². The highest BCUT2D eigenvalue weighted by atomic mass is 32.1. The summed E-state index contributed by atoms with van der Waals surface area (Å²) < 4.78 is 5.44. The van der Waals surface area contributed by atoms with E-state index in [2.05, 4.69) is 10.3 Å². The maximum Gasteiger partial charge on any atom is 0.410 e. The largest absolute Gasteiger partial charge is 0.444 e. The Kier molecular flexibility index (Phi) is 4.29. The van der Waals surface area contributed by atoms with Gasteiger partial charge in [-0.05, 0) is 33.6 Å². The van der Waals surface area contributed by atoms with E-state index in [4.69, 9.17) is 4.74 Å². The number of thiazole rings is 1. The molecular formula is C13H21N3O2S. The third-order valence-electron chi connectivity index (χ3n) is 2.93. The summed E-state index contributed by atoms with van der Waals surface area (Å²) in [5.74, 6) is 0. The molecule has 2 heterocycles. The summed E-state index contributed by atoms with van der Waals surface area (Å²) >= 11 is 1.57. The van der Waals surface area contributed by atoms with Crippen molar-refractivity contribution >= 4 is 22.6 Å². The zero-order valence-corrected chi connectivity index (χ0v) is 12.5. The van der Waals surface area contributed by atoms with Gasteiger partial charge in [0.25, 0.3) is 0 Å². The fraction of sp³-hybridized carbons (Fsp3) is 0.692. The molecule has 5 nitrogen and oxygen atoms in total. The SMILES string of the molecule is CC(C)(C)OC(=O)N1CCC[C@@H]1CNc1nccs1. The van der Waals surface area contributed by atoms with Crippen molar-refractivity contribution in [2.24, 2.45) is 0 Å². The highest BCUT2D eigenvalue weighted by Crippen LogP contribution is 2.21. The highest BCUT2D eigenvalue weighted by molar-refractivity contribution is 7.13. The van der Waals surface area contributed by atoms with Gasteiger partial charge in [0.2, 0.25) is 0 Å². The number of carbonyl (C=O) groups excluding carboxylic acids is 1. The molecule has 0 saturated carbocycles. The topological polar surface area (TPSA) is 54.5 Å². The summed E-state index contributed by atoms with van der Waals surface area (Å²) in [5, 5.41) is 6.10. The molecule has 6 heteroatoms. The molecule has 1 fully saturated rings. The Morgan fingerprint density at radius 1 is 1.63 bits per heavy atom. The second-order valence-electron chi connectivity index (χ2n) is 5.69. The number of anilines is 1. The fourth-order valence-corrected chi connectivity index (χ4v) is 2.66. The quantitative estimate of drug-likeness (QED) is 0.926. The van der Waals surface area contributed by atoms with Crippen molar-refractivity contribution in [2.45, 2.75) is 45.3 Å². The Bertz CT molecular complexity index is 414. The van der Waals surface area contributed by atoms with E-state index in [1.165, 1.54) is 0 Å². The number of carbonyl (C=O) groups is 1. The van der Waals surface area contributed by atoms with Crippen LogP contribution in [-0.2, 0) is 4.74 Å². The van der Waals surface area contributed by atoms with Crippen molar-refractivity contribution in [3.63, 3.8) is 0 Å². The van der Waals surface area contributed by atoms with Gasteiger partial charge in [-0.25, -0.2) is 9.78 Å². The summed E-state index contributed by atoms with van der Waals surface area (Å²) in [6.45, 7) is 7.18. The van der Waals surface area contributed by atoms with Gasteiger partial charge in [-0.15, -0.1) is 11.3 Å². The summed E-state index contributed by atoms with van der Waals surface area (Å²) in [5.41, 5.74) is -0.438. The van der Waals surface area contributed by atoms with Gasteiger partial charge in [-0.1, -0.05) is 0 Å². The second kappa shape index (κ2) is 5.77. The van der Waals surface area contributed by atoms with E-state index in [0.29, 0.717) is 0 Å². The molecule has 1 atom stereocenters. The predicted octanol–water partition coefficient (Wildman–Crippen LogP) is 2.95. The molecule has 0 spiro atoms. The number of ether oxygens (including phenoxy) is 1. The fourth-order valence-electron chi connectivity index (χ4n) is 2.12. The highest BCUT2D eigenvalue weighted by Gasteiger charge is 2.31. The predicted molar refractivity (Wildman–Crippen MR) is 76.6 cm³/mol. The van der Waals surface area contributed by atoms with Crippen LogP contribution in [-0.4, -0.2) is 40.7 Å². The third-order valence-corrected chi connectivity index (χ3v) is 3.66. The van der Waals surface area contributed by atoms with Crippen LogP contribution in [0.1, 0.15) is 33.6 Å². The van der Waals surface area contributed by atoms with Crippen LogP contribution in [0.15, 0.2) is 11.6 Å². The molecule has 1 aliphatic heterocycles. The van der Waals surface area contributed by atoms with Crippen molar-refractivity contribution in [1.29, 1.82) is 0 Å². The number of likely N-dealkylation sites (tertiary alicyclic amines) is 1.